The summed E-state index contributed by atoms with van der Waals surface area (Å²) in [5, 5.41) is 20.9. The first-order valence-corrected chi connectivity index (χ1v) is 9.93. The summed E-state index contributed by atoms with van der Waals surface area (Å²) in [6, 6.07) is 14.5. The normalized spacial score (nSPS) is 24.5. The van der Waals surface area contributed by atoms with Crippen molar-refractivity contribution in [1.82, 2.24) is 15.1 Å². The Morgan fingerprint density at radius 1 is 1.18 bits per heavy atom. The Bertz CT molecular complexity index is 1000. The minimum absolute atomic E-state index is 0.110. The SMILES string of the molecule is O=C(Nc1ccc2[nH]ncc2c1)c1cccc(CN2[C@@H]3CC[C@H]2CC(O)C3)c1. The number of benzene rings is 2. The van der Waals surface area contributed by atoms with E-state index in [1.54, 1.807) is 6.20 Å². The molecule has 28 heavy (non-hydrogen) atoms. The quantitative estimate of drug-likeness (QED) is 0.653. The molecule has 2 bridgehead atoms. The highest BCUT2D eigenvalue weighted by Gasteiger charge is 2.39. The Balaban J connectivity index is 1.30. The maximum absolute atomic E-state index is 12.7. The predicted molar refractivity (Wildman–Crippen MR) is 108 cm³/mol. The number of carbonyl (C=O) groups excluding carboxylic acids is 1. The van der Waals surface area contributed by atoms with Crippen LogP contribution in [-0.2, 0) is 6.54 Å². The molecule has 6 nitrogen and oxygen atoms in total. The Kier molecular flexibility index (Phi) is 4.37. The monoisotopic (exact) mass is 376 g/mol. The number of carbonyl (C=O) groups is 1. The van der Waals surface area contributed by atoms with E-state index in [1.807, 2.05) is 36.4 Å². The van der Waals surface area contributed by atoms with E-state index in [4.69, 9.17) is 0 Å². The van der Waals surface area contributed by atoms with Gasteiger partial charge in [-0.3, -0.25) is 14.8 Å². The number of rotatable bonds is 4. The van der Waals surface area contributed by atoms with Crippen molar-refractivity contribution in [2.24, 2.45) is 0 Å². The second-order valence-corrected chi connectivity index (χ2v) is 8.01. The van der Waals surface area contributed by atoms with Crippen LogP contribution in [0.4, 0.5) is 5.69 Å². The maximum atomic E-state index is 12.7. The summed E-state index contributed by atoms with van der Waals surface area (Å²) in [6.07, 6.45) is 5.66. The third-order valence-corrected chi connectivity index (χ3v) is 6.11. The zero-order valence-electron chi connectivity index (χ0n) is 15.6. The summed E-state index contributed by atoms with van der Waals surface area (Å²) < 4.78 is 0. The molecule has 6 heteroatoms. The number of hydrogen-bond donors (Lipinski definition) is 3. The molecule has 144 valence electrons. The Morgan fingerprint density at radius 3 is 2.82 bits per heavy atom. The van der Waals surface area contributed by atoms with Gasteiger partial charge in [0, 0.05) is 35.3 Å². The number of aromatic nitrogens is 2. The van der Waals surface area contributed by atoms with E-state index < -0.39 is 0 Å². The molecule has 2 saturated heterocycles. The average molecular weight is 376 g/mol. The van der Waals surface area contributed by atoms with Gasteiger partial charge in [-0.15, -0.1) is 0 Å². The van der Waals surface area contributed by atoms with Gasteiger partial charge in [-0.05, 0) is 61.6 Å². The lowest BCUT2D eigenvalue weighted by Gasteiger charge is -2.37. The predicted octanol–water partition coefficient (Wildman–Crippen LogP) is 3.30. The van der Waals surface area contributed by atoms with Gasteiger partial charge in [-0.2, -0.15) is 5.10 Å². The number of fused-ring (bicyclic) bond motifs is 3. The van der Waals surface area contributed by atoms with E-state index in [2.05, 4.69) is 26.5 Å². The molecule has 1 amide bonds. The lowest BCUT2D eigenvalue weighted by Crippen LogP contribution is -2.44. The van der Waals surface area contributed by atoms with Crippen molar-refractivity contribution in [3.05, 3.63) is 59.8 Å². The first-order chi connectivity index (χ1) is 13.7. The molecule has 3 heterocycles. The van der Waals surface area contributed by atoms with Crippen molar-refractivity contribution in [1.29, 1.82) is 0 Å². The van der Waals surface area contributed by atoms with Crippen molar-refractivity contribution in [2.45, 2.75) is 50.4 Å². The Morgan fingerprint density at radius 2 is 2.00 bits per heavy atom. The molecule has 2 aliphatic heterocycles. The molecule has 0 spiro atoms. The number of aliphatic hydroxyl groups excluding tert-OH is 1. The van der Waals surface area contributed by atoms with Gasteiger partial charge < -0.3 is 10.4 Å². The first-order valence-electron chi connectivity index (χ1n) is 9.93. The standard InChI is InChI=1S/C22H24N4O2/c27-20-10-18-5-6-19(11-20)26(18)13-14-2-1-3-15(8-14)22(28)24-17-4-7-21-16(9-17)12-23-25-21/h1-4,7-9,12,18-20,27H,5-6,10-11,13H2,(H,23,25)(H,24,28)/t18-,19+,20?. The molecule has 0 radical (unpaired) electrons. The van der Waals surface area contributed by atoms with Crippen LogP contribution in [0.5, 0.6) is 0 Å². The van der Waals surface area contributed by atoms with E-state index in [0.717, 1.165) is 41.5 Å². The molecule has 3 atom stereocenters. The van der Waals surface area contributed by atoms with Gasteiger partial charge in [0.25, 0.3) is 5.91 Å². The fourth-order valence-corrected chi connectivity index (χ4v) is 4.75. The fraction of sp³-hybridized carbons (Fsp3) is 0.364. The number of hydrogen-bond acceptors (Lipinski definition) is 4. The number of amides is 1. The van der Waals surface area contributed by atoms with Crippen molar-refractivity contribution in [2.75, 3.05) is 5.32 Å². The van der Waals surface area contributed by atoms with Crippen LogP contribution in [0.1, 0.15) is 41.6 Å². The number of anilines is 1. The van der Waals surface area contributed by atoms with Gasteiger partial charge in [0.1, 0.15) is 0 Å². The van der Waals surface area contributed by atoms with Gasteiger partial charge in [0.2, 0.25) is 0 Å². The minimum Gasteiger partial charge on any atom is -0.393 e. The number of piperidine rings is 1. The zero-order chi connectivity index (χ0) is 19.1. The molecule has 2 fully saturated rings. The molecule has 2 aliphatic rings. The molecular formula is C22H24N4O2. The van der Waals surface area contributed by atoms with Crippen LogP contribution in [0.15, 0.2) is 48.7 Å². The summed E-state index contributed by atoms with van der Waals surface area (Å²) >= 11 is 0. The highest BCUT2D eigenvalue weighted by atomic mass is 16.3. The molecule has 1 unspecified atom stereocenters. The highest BCUT2D eigenvalue weighted by Crippen LogP contribution is 2.36. The second kappa shape index (κ2) is 7.04. The third kappa shape index (κ3) is 3.30. The Labute approximate surface area is 163 Å². The van der Waals surface area contributed by atoms with Crippen LogP contribution < -0.4 is 5.32 Å². The van der Waals surface area contributed by atoms with E-state index in [-0.39, 0.29) is 12.0 Å². The number of aliphatic hydroxyl groups is 1. The molecule has 5 rings (SSSR count). The van der Waals surface area contributed by atoms with Crippen LogP contribution in [0.2, 0.25) is 0 Å². The minimum atomic E-state index is -0.154. The van der Waals surface area contributed by atoms with Crippen LogP contribution in [0.3, 0.4) is 0 Å². The number of nitrogens with zero attached hydrogens (tertiary/aromatic N) is 2. The van der Waals surface area contributed by atoms with Crippen molar-refractivity contribution >= 4 is 22.5 Å². The molecule has 2 aromatic carbocycles. The zero-order valence-corrected chi connectivity index (χ0v) is 15.6. The average Bonchev–Trinajstić information content (AvgIpc) is 3.24. The van der Waals surface area contributed by atoms with Crippen molar-refractivity contribution < 1.29 is 9.90 Å². The topological polar surface area (TPSA) is 81.2 Å². The number of nitrogens with one attached hydrogen (secondary N) is 2. The highest BCUT2D eigenvalue weighted by molar-refractivity contribution is 6.05. The Hall–Kier alpha value is -2.70. The number of aromatic amines is 1. The summed E-state index contributed by atoms with van der Waals surface area (Å²) in [7, 11) is 0. The van der Waals surface area contributed by atoms with E-state index in [0.29, 0.717) is 17.6 Å². The van der Waals surface area contributed by atoms with E-state index in [9.17, 15) is 9.90 Å². The molecular weight excluding hydrogens is 352 g/mol. The fourth-order valence-electron chi connectivity index (χ4n) is 4.75. The lowest BCUT2D eigenvalue weighted by molar-refractivity contribution is 0.0310. The first kappa shape index (κ1) is 17.4. The van der Waals surface area contributed by atoms with Gasteiger partial charge >= 0.3 is 0 Å². The summed E-state index contributed by atoms with van der Waals surface area (Å²) in [6.45, 7) is 0.837. The second-order valence-electron chi connectivity index (χ2n) is 8.01. The summed E-state index contributed by atoms with van der Waals surface area (Å²) in [4.78, 5) is 15.2. The lowest BCUT2D eigenvalue weighted by atomic mass is 9.98. The van der Waals surface area contributed by atoms with Crippen LogP contribution in [0, 0.1) is 0 Å². The largest absolute Gasteiger partial charge is 0.393 e. The third-order valence-electron chi connectivity index (χ3n) is 6.11. The van der Waals surface area contributed by atoms with Crippen molar-refractivity contribution in [3.63, 3.8) is 0 Å². The molecule has 3 N–H and O–H groups in total. The van der Waals surface area contributed by atoms with Gasteiger partial charge in [-0.1, -0.05) is 12.1 Å². The summed E-state index contributed by atoms with van der Waals surface area (Å²) in [5.41, 5.74) is 3.51. The smallest absolute Gasteiger partial charge is 0.255 e. The van der Waals surface area contributed by atoms with Crippen LogP contribution in [-0.4, -0.2) is 44.3 Å². The number of H-pyrrole nitrogens is 1. The maximum Gasteiger partial charge on any atom is 0.255 e. The molecule has 3 aromatic rings. The molecule has 1 aromatic heterocycles. The van der Waals surface area contributed by atoms with E-state index in [1.165, 1.54) is 12.8 Å². The van der Waals surface area contributed by atoms with Gasteiger partial charge in [0.15, 0.2) is 0 Å². The van der Waals surface area contributed by atoms with Crippen LogP contribution in [0.25, 0.3) is 10.9 Å². The molecule has 0 aliphatic carbocycles. The molecule has 0 saturated carbocycles. The summed E-state index contributed by atoms with van der Waals surface area (Å²) in [5.74, 6) is -0.110. The van der Waals surface area contributed by atoms with Gasteiger partial charge in [0.05, 0.1) is 17.8 Å². The van der Waals surface area contributed by atoms with Gasteiger partial charge in [-0.25, -0.2) is 0 Å². The van der Waals surface area contributed by atoms with E-state index >= 15 is 0 Å². The van der Waals surface area contributed by atoms with Crippen molar-refractivity contribution in [3.8, 4) is 0 Å². The van der Waals surface area contributed by atoms with Crippen LogP contribution >= 0.6 is 0 Å².